The molecular weight excluding hydrogens is 296 g/mol. The number of hydrazone groups is 1. The van der Waals surface area contributed by atoms with Gasteiger partial charge in [-0.1, -0.05) is 33.2 Å². The van der Waals surface area contributed by atoms with Gasteiger partial charge in [0.15, 0.2) is 5.76 Å². The van der Waals surface area contributed by atoms with E-state index in [4.69, 9.17) is 15.9 Å². The molecule has 0 saturated heterocycles. The lowest BCUT2D eigenvalue weighted by Gasteiger charge is -1.95. The Morgan fingerprint density at radius 1 is 1.17 bits per heavy atom. The SMILES string of the molecule is NC(N)=N/[NH+]=C/c1ccc(-c2ccc(Br)cc2)o1. The summed E-state index contributed by atoms with van der Waals surface area (Å²) in [6, 6.07) is 11.6. The van der Waals surface area contributed by atoms with E-state index in [0.29, 0.717) is 5.76 Å². The van der Waals surface area contributed by atoms with Crippen molar-refractivity contribution in [3.63, 3.8) is 0 Å². The maximum atomic E-state index is 5.61. The molecule has 0 saturated carbocycles. The van der Waals surface area contributed by atoms with E-state index < -0.39 is 0 Å². The fourth-order valence-corrected chi connectivity index (χ4v) is 1.63. The molecule has 0 fully saturated rings. The molecule has 0 aliphatic heterocycles. The van der Waals surface area contributed by atoms with Crippen molar-refractivity contribution in [3.8, 4) is 11.3 Å². The van der Waals surface area contributed by atoms with Gasteiger partial charge in [0.05, 0.1) is 0 Å². The number of rotatable bonds is 3. The molecule has 0 bridgehead atoms. The summed E-state index contributed by atoms with van der Waals surface area (Å²) in [7, 11) is 0. The Morgan fingerprint density at radius 3 is 2.56 bits per heavy atom. The number of hydrogen-bond donors (Lipinski definition) is 3. The average Bonchev–Trinajstić information content (AvgIpc) is 2.78. The van der Waals surface area contributed by atoms with Crippen LogP contribution in [-0.2, 0) is 0 Å². The summed E-state index contributed by atoms with van der Waals surface area (Å²) in [5, 5.41) is 6.20. The van der Waals surface area contributed by atoms with Gasteiger partial charge in [0.1, 0.15) is 5.76 Å². The number of hydrogen-bond acceptors (Lipinski definition) is 2. The molecule has 5 N–H and O–H groups in total. The molecule has 1 heterocycles. The van der Waals surface area contributed by atoms with Crippen LogP contribution >= 0.6 is 15.9 Å². The highest BCUT2D eigenvalue weighted by Crippen LogP contribution is 2.23. The summed E-state index contributed by atoms with van der Waals surface area (Å²) in [4.78, 5) is 0. The Morgan fingerprint density at radius 2 is 1.89 bits per heavy atom. The van der Waals surface area contributed by atoms with Gasteiger partial charge in [-0.25, -0.2) is 0 Å². The van der Waals surface area contributed by atoms with Crippen LogP contribution in [0.2, 0.25) is 0 Å². The van der Waals surface area contributed by atoms with Crippen LogP contribution in [0.5, 0.6) is 0 Å². The van der Waals surface area contributed by atoms with Crippen LogP contribution in [0, 0.1) is 0 Å². The Bertz CT molecular complexity index is 582. The lowest BCUT2D eigenvalue weighted by Crippen LogP contribution is -2.63. The summed E-state index contributed by atoms with van der Waals surface area (Å²) >= 11 is 3.39. The Balaban J connectivity index is 2.18. The van der Waals surface area contributed by atoms with Gasteiger partial charge in [0.25, 0.3) is 5.96 Å². The van der Waals surface area contributed by atoms with Gasteiger partial charge < -0.3 is 15.9 Å². The zero-order valence-electron chi connectivity index (χ0n) is 9.43. The summed E-state index contributed by atoms with van der Waals surface area (Å²) in [5.41, 5.74) is 11.4. The first-order valence-electron chi connectivity index (χ1n) is 5.18. The average molecular weight is 308 g/mol. The van der Waals surface area contributed by atoms with Crippen molar-refractivity contribution in [3.05, 3.63) is 46.6 Å². The number of furan rings is 1. The van der Waals surface area contributed by atoms with E-state index in [9.17, 15) is 0 Å². The van der Waals surface area contributed by atoms with E-state index in [1.165, 1.54) is 0 Å². The molecule has 0 amide bonds. The van der Waals surface area contributed by atoms with Gasteiger partial charge in [-0.3, -0.25) is 0 Å². The van der Waals surface area contributed by atoms with Gasteiger partial charge in [0, 0.05) is 15.1 Å². The zero-order chi connectivity index (χ0) is 13.0. The number of guanidine groups is 1. The molecule has 0 spiro atoms. The third-order valence-electron chi connectivity index (χ3n) is 2.16. The Hall–Kier alpha value is -2.08. The molecule has 0 radical (unpaired) electrons. The van der Waals surface area contributed by atoms with Crippen LogP contribution in [0.25, 0.3) is 11.3 Å². The van der Waals surface area contributed by atoms with E-state index in [0.717, 1.165) is 15.8 Å². The van der Waals surface area contributed by atoms with Crippen molar-refractivity contribution < 1.29 is 9.52 Å². The number of halogens is 1. The maximum Gasteiger partial charge on any atom is 0.256 e. The molecule has 92 valence electrons. The largest absolute Gasteiger partial charge is 0.450 e. The van der Waals surface area contributed by atoms with Crippen LogP contribution < -0.4 is 16.6 Å². The van der Waals surface area contributed by atoms with Crippen molar-refractivity contribution in [2.45, 2.75) is 0 Å². The first kappa shape index (κ1) is 12.4. The highest BCUT2D eigenvalue weighted by Gasteiger charge is 2.04. The van der Waals surface area contributed by atoms with Crippen LogP contribution in [-0.4, -0.2) is 12.2 Å². The second kappa shape index (κ2) is 5.50. The van der Waals surface area contributed by atoms with Gasteiger partial charge in [-0.15, -0.1) is 0 Å². The minimum absolute atomic E-state index is 0.0362. The predicted molar refractivity (Wildman–Crippen MR) is 73.8 cm³/mol. The van der Waals surface area contributed by atoms with Gasteiger partial charge in [0.2, 0.25) is 6.21 Å². The monoisotopic (exact) mass is 307 g/mol. The van der Waals surface area contributed by atoms with Gasteiger partial charge in [-0.2, -0.15) is 0 Å². The Kier molecular flexibility index (Phi) is 3.78. The molecule has 1 aromatic heterocycles. The molecule has 5 nitrogen and oxygen atoms in total. The van der Waals surface area contributed by atoms with Crippen molar-refractivity contribution in [1.29, 1.82) is 0 Å². The lowest BCUT2D eigenvalue weighted by atomic mass is 10.2. The summed E-state index contributed by atoms with van der Waals surface area (Å²) < 4.78 is 6.63. The van der Waals surface area contributed by atoms with Crippen LogP contribution in [0.15, 0.2) is 50.4 Å². The van der Waals surface area contributed by atoms with E-state index in [-0.39, 0.29) is 5.96 Å². The fraction of sp³-hybridized carbons (Fsp3) is 0. The normalized spacial score (nSPS) is 10.7. The van der Waals surface area contributed by atoms with E-state index in [1.54, 1.807) is 6.21 Å². The molecule has 2 rings (SSSR count). The number of nitrogens with two attached hydrogens (primary N) is 2. The molecule has 6 heteroatoms. The molecule has 0 unspecified atom stereocenters. The van der Waals surface area contributed by atoms with Crippen molar-refractivity contribution in [2.24, 2.45) is 16.6 Å². The fourth-order valence-electron chi connectivity index (χ4n) is 1.37. The first-order valence-corrected chi connectivity index (χ1v) is 5.97. The lowest BCUT2D eigenvalue weighted by molar-refractivity contribution is -0.457. The summed E-state index contributed by atoms with van der Waals surface area (Å²) in [6.07, 6.45) is 1.57. The topological polar surface area (TPSA) is 91.5 Å². The highest BCUT2D eigenvalue weighted by atomic mass is 79.9. The molecule has 0 atom stereocenters. The van der Waals surface area contributed by atoms with Crippen LogP contribution in [0.4, 0.5) is 0 Å². The summed E-state index contributed by atoms with van der Waals surface area (Å²) in [6.45, 7) is 0. The first-order chi connectivity index (χ1) is 8.65. The van der Waals surface area contributed by atoms with Crippen molar-refractivity contribution in [2.75, 3.05) is 0 Å². The predicted octanol–water partition coefficient (Wildman–Crippen LogP) is 0.397. The quantitative estimate of drug-likeness (QED) is 0.435. The molecule has 2 aromatic rings. The molecule has 1 aromatic carbocycles. The number of nitrogens with zero attached hydrogens (tertiary/aromatic N) is 1. The second-order valence-electron chi connectivity index (χ2n) is 3.52. The molecular formula is C12H12BrN4O+. The number of nitrogens with one attached hydrogen (secondary N) is 1. The standard InChI is InChI=1S/C12H11BrN4O/c13-9-3-1-8(2-4-9)11-6-5-10(18-11)7-16-17-12(14)15/h1-7H,(H4,14,15,17)/p+1/b16-7+. The Labute approximate surface area is 112 Å². The van der Waals surface area contributed by atoms with Gasteiger partial charge >= 0.3 is 0 Å². The van der Waals surface area contributed by atoms with Crippen LogP contribution in [0.1, 0.15) is 5.76 Å². The third kappa shape index (κ3) is 3.21. The minimum Gasteiger partial charge on any atom is -0.450 e. The zero-order valence-corrected chi connectivity index (χ0v) is 11.0. The van der Waals surface area contributed by atoms with Crippen LogP contribution in [0.3, 0.4) is 0 Å². The molecule has 18 heavy (non-hydrogen) atoms. The minimum atomic E-state index is -0.0362. The van der Waals surface area contributed by atoms with E-state index in [1.807, 2.05) is 36.4 Å². The number of benzene rings is 1. The highest BCUT2D eigenvalue weighted by molar-refractivity contribution is 9.10. The van der Waals surface area contributed by atoms with E-state index in [2.05, 4.69) is 26.1 Å². The second-order valence-corrected chi connectivity index (χ2v) is 4.43. The van der Waals surface area contributed by atoms with Crippen molar-refractivity contribution in [1.82, 2.24) is 0 Å². The smallest absolute Gasteiger partial charge is 0.256 e. The summed E-state index contributed by atoms with van der Waals surface area (Å²) in [5.74, 6) is 1.38. The maximum absolute atomic E-state index is 5.61. The molecule has 0 aliphatic rings. The van der Waals surface area contributed by atoms with Gasteiger partial charge in [-0.05, 0) is 24.3 Å². The van der Waals surface area contributed by atoms with E-state index >= 15 is 0 Å². The molecule has 0 aliphatic carbocycles. The van der Waals surface area contributed by atoms with Crippen molar-refractivity contribution >= 4 is 28.1 Å². The third-order valence-corrected chi connectivity index (χ3v) is 2.68.